The van der Waals surface area contributed by atoms with Gasteiger partial charge in [-0.25, -0.2) is 4.98 Å². The van der Waals surface area contributed by atoms with Gasteiger partial charge in [0.25, 0.3) is 0 Å². The number of carbonyl (C=O) groups excluding carboxylic acids is 1. The van der Waals surface area contributed by atoms with Crippen LogP contribution in [0.2, 0.25) is 0 Å². The summed E-state index contributed by atoms with van der Waals surface area (Å²) in [6.07, 6.45) is 3.92. The molecular formula is C18H16N2O2. The Kier molecular flexibility index (Phi) is 4.01. The number of benzene rings is 2. The van der Waals surface area contributed by atoms with E-state index in [1.165, 1.54) is 11.6 Å². The van der Waals surface area contributed by atoms with Crippen molar-refractivity contribution in [2.24, 2.45) is 0 Å². The number of carbonyl (C=O) groups is 1. The van der Waals surface area contributed by atoms with E-state index in [1.807, 2.05) is 48.5 Å². The molecule has 0 saturated heterocycles. The van der Waals surface area contributed by atoms with Crippen molar-refractivity contribution < 1.29 is 9.21 Å². The zero-order valence-electron chi connectivity index (χ0n) is 12.2. The number of fused-ring (bicyclic) bond motifs is 1. The Balaban J connectivity index is 1.70. The molecule has 4 heteroatoms. The van der Waals surface area contributed by atoms with Gasteiger partial charge in [0, 0.05) is 17.8 Å². The van der Waals surface area contributed by atoms with Gasteiger partial charge in [-0.05, 0) is 36.2 Å². The van der Waals surface area contributed by atoms with Gasteiger partial charge in [-0.15, -0.1) is 0 Å². The van der Waals surface area contributed by atoms with Gasteiger partial charge in [0.2, 0.25) is 11.8 Å². The maximum atomic E-state index is 11.9. The van der Waals surface area contributed by atoms with Crippen LogP contribution >= 0.6 is 0 Å². The number of oxazole rings is 1. The first-order chi connectivity index (χ1) is 10.7. The van der Waals surface area contributed by atoms with Gasteiger partial charge < -0.3 is 9.73 Å². The summed E-state index contributed by atoms with van der Waals surface area (Å²) in [6, 6.07) is 15.3. The third-order valence-corrected chi connectivity index (χ3v) is 3.29. The van der Waals surface area contributed by atoms with Crippen LogP contribution in [0.5, 0.6) is 0 Å². The fraction of sp³-hybridized carbons (Fsp3) is 0.111. The molecule has 0 aliphatic heterocycles. The molecule has 22 heavy (non-hydrogen) atoms. The molecule has 0 aliphatic carbocycles. The molecule has 110 valence electrons. The summed E-state index contributed by atoms with van der Waals surface area (Å²) in [6.45, 7) is 2.08. The van der Waals surface area contributed by atoms with Crippen LogP contribution in [0.3, 0.4) is 0 Å². The molecule has 3 rings (SSSR count). The summed E-state index contributed by atoms with van der Waals surface area (Å²) in [5.74, 6) is 0.203. The number of nitrogens with one attached hydrogen (secondary N) is 1. The molecule has 0 aliphatic rings. The van der Waals surface area contributed by atoms with Gasteiger partial charge in [0.1, 0.15) is 5.52 Å². The van der Waals surface area contributed by atoms with E-state index in [0.29, 0.717) is 11.5 Å². The lowest BCUT2D eigenvalue weighted by molar-refractivity contribution is -0.111. The number of aryl methyl sites for hydroxylation is 1. The second kappa shape index (κ2) is 6.26. The van der Waals surface area contributed by atoms with Gasteiger partial charge >= 0.3 is 0 Å². The van der Waals surface area contributed by atoms with Crippen molar-refractivity contribution in [3.8, 4) is 0 Å². The summed E-state index contributed by atoms with van der Waals surface area (Å²) in [7, 11) is 0. The summed E-state index contributed by atoms with van der Waals surface area (Å²) in [4.78, 5) is 16.2. The Morgan fingerprint density at radius 2 is 2.09 bits per heavy atom. The van der Waals surface area contributed by atoms with E-state index in [0.717, 1.165) is 17.6 Å². The minimum atomic E-state index is -0.212. The van der Waals surface area contributed by atoms with Crippen molar-refractivity contribution in [2.45, 2.75) is 13.3 Å². The zero-order valence-corrected chi connectivity index (χ0v) is 12.2. The molecule has 0 fully saturated rings. The van der Waals surface area contributed by atoms with Gasteiger partial charge in [-0.3, -0.25) is 4.79 Å². The topological polar surface area (TPSA) is 55.1 Å². The highest BCUT2D eigenvalue weighted by atomic mass is 16.3. The molecule has 0 radical (unpaired) electrons. The van der Waals surface area contributed by atoms with Crippen LogP contribution in [0.15, 0.2) is 59.0 Å². The number of aromatic nitrogens is 1. The van der Waals surface area contributed by atoms with E-state index >= 15 is 0 Å². The summed E-state index contributed by atoms with van der Waals surface area (Å²) < 4.78 is 5.53. The lowest BCUT2D eigenvalue weighted by Gasteiger charge is -2.03. The quantitative estimate of drug-likeness (QED) is 0.738. The number of rotatable bonds is 4. The predicted molar refractivity (Wildman–Crippen MR) is 87.5 cm³/mol. The first-order valence-electron chi connectivity index (χ1n) is 7.18. The second-order valence-electron chi connectivity index (χ2n) is 4.90. The highest BCUT2D eigenvalue weighted by Gasteiger charge is 2.03. The third-order valence-electron chi connectivity index (χ3n) is 3.29. The molecule has 0 saturated carbocycles. The molecule has 3 aromatic rings. The first-order valence-corrected chi connectivity index (χ1v) is 7.18. The van der Waals surface area contributed by atoms with Crippen molar-refractivity contribution >= 4 is 28.8 Å². The SMILES string of the molecule is CCc1cccc(NC(=O)/C=C/c2nc3ccccc3o2)c1. The van der Waals surface area contributed by atoms with Crippen molar-refractivity contribution in [1.82, 2.24) is 4.98 Å². The Morgan fingerprint density at radius 1 is 1.23 bits per heavy atom. The summed E-state index contributed by atoms with van der Waals surface area (Å²) in [5, 5.41) is 2.83. The molecule has 1 N–H and O–H groups in total. The maximum Gasteiger partial charge on any atom is 0.248 e. The van der Waals surface area contributed by atoms with E-state index in [-0.39, 0.29) is 5.91 Å². The predicted octanol–water partition coefficient (Wildman–Crippen LogP) is 4.04. The van der Waals surface area contributed by atoms with Crippen LogP contribution in [0.4, 0.5) is 5.69 Å². The van der Waals surface area contributed by atoms with Crippen LogP contribution in [0.1, 0.15) is 18.4 Å². The molecule has 4 nitrogen and oxygen atoms in total. The lowest BCUT2D eigenvalue weighted by atomic mass is 10.1. The number of amides is 1. The molecule has 2 aromatic carbocycles. The fourth-order valence-corrected chi connectivity index (χ4v) is 2.16. The number of nitrogens with zero attached hydrogens (tertiary/aromatic N) is 1. The fourth-order valence-electron chi connectivity index (χ4n) is 2.16. The van der Waals surface area contributed by atoms with Crippen LogP contribution < -0.4 is 5.32 Å². The average molecular weight is 292 g/mol. The first kappa shape index (κ1) is 14.1. The van der Waals surface area contributed by atoms with Crippen LogP contribution in [-0.2, 0) is 11.2 Å². The molecule has 0 atom stereocenters. The van der Waals surface area contributed by atoms with E-state index < -0.39 is 0 Å². The standard InChI is InChI=1S/C18H16N2O2/c1-2-13-6-5-7-14(12-13)19-17(21)10-11-18-20-15-8-3-4-9-16(15)22-18/h3-12H,2H2,1H3,(H,19,21)/b11-10+. The molecule has 1 heterocycles. The highest BCUT2D eigenvalue weighted by Crippen LogP contribution is 2.16. The van der Waals surface area contributed by atoms with Crippen LogP contribution in [0.25, 0.3) is 17.2 Å². The Hall–Kier alpha value is -2.88. The summed E-state index contributed by atoms with van der Waals surface area (Å²) in [5.41, 5.74) is 3.45. The van der Waals surface area contributed by atoms with Crippen LogP contribution in [-0.4, -0.2) is 10.9 Å². The van der Waals surface area contributed by atoms with Gasteiger partial charge in [-0.2, -0.15) is 0 Å². The molecule has 1 amide bonds. The van der Waals surface area contributed by atoms with E-state index in [1.54, 1.807) is 6.08 Å². The van der Waals surface area contributed by atoms with E-state index in [2.05, 4.69) is 17.2 Å². The largest absolute Gasteiger partial charge is 0.437 e. The van der Waals surface area contributed by atoms with Crippen molar-refractivity contribution in [3.05, 3.63) is 66.1 Å². The number of para-hydroxylation sites is 2. The van der Waals surface area contributed by atoms with Gasteiger partial charge in [0.15, 0.2) is 5.58 Å². The molecular weight excluding hydrogens is 276 g/mol. The van der Waals surface area contributed by atoms with E-state index in [9.17, 15) is 4.79 Å². The van der Waals surface area contributed by atoms with Crippen molar-refractivity contribution in [1.29, 1.82) is 0 Å². The molecule has 1 aromatic heterocycles. The number of anilines is 1. The summed E-state index contributed by atoms with van der Waals surface area (Å²) >= 11 is 0. The zero-order chi connectivity index (χ0) is 15.4. The smallest absolute Gasteiger partial charge is 0.248 e. The monoisotopic (exact) mass is 292 g/mol. The minimum Gasteiger partial charge on any atom is -0.437 e. The Morgan fingerprint density at radius 3 is 2.91 bits per heavy atom. The molecule has 0 bridgehead atoms. The number of hydrogen-bond acceptors (Lipinski definition) is 3. The Labute approximate surface area is 128 Å². The van der Waals surface area contributed by atoms with Gasteiger partial charge in [0.05, 0.1) is 0 Å². The maximum absolute atomic E-state index is 11.9. The molecule has 0 unspecified atom stereocenters. The van der Waals surface area contributed by atoms with Gasteiger partial charge in [-0.1, -0.05) is 31.2 Å². The second-order valence-corrected chi connectivity index (χ2v) is 4.90. The average Bonchev–Trinajstić information content (AvgIpc) is 2.96. The highest BCUT2D eigenvalue weighted by molar-refractivity contribution is 6.01. The van der Waals surface area contributed by atoms with Crippen molar-refractivity contribution in [3.63, 3.8) is 0 Å². The van der Waals surface area contributed by atoms with Crippen LogP contribution in [0, 0.1) is 0 Å². The Bertz CT molecular complexity index is 801. The lowest BCUT2D eigenvalue weighted by Crippen LogP contribution is -2.07. The number of hydrogen-bond donors (Lipinski definition) is 1. The molecule has 0 spiro atoms. The minimum absolute atomic E-state index is 0.212. The third kappa shape index (κ3) is 3.23. The van der Waals surface area contributed by atoms with E-state index in [4.69, 9.17) is 4.42 Å². The normalized spacial score (nSPS) is 11.1. The van der Waals surface area contributed by atoms with Crippen molar-refractivity contribution in [2.75, 3.05) is 5.32 Å².